The summed E-state index contributed by atoms with van der Waals surface area (Å²) in [5.41, 5.74) is 0.364. The molecule has 1 amide bonds. The highest BCUT2D eigenvalue weighted by Gasteiger charge is 2.52. The minimum atomic E-state index is -1.42. The third-order valence-electron chi connectivity index (χ3n) is 3.67. The summed E-state index contributed by atoms with van der Waals surface area (Å²) in [5, 5.41) is 38.9. The van der Waals surface area contributed by atoms with Gasteiger partial charge in [-0.25, -0.2) is 4.98 Å². The van der Waals surface area contributed by atoms with Gasteiger partial charge in [0.2, 0.25) is 0 Å². The monoisotopic (exact) mass is 298 g/mol. The molecule has 0 aromatic carbocycles. The van der Waals surface area contributed by atoms with E-state index in [4.69, 9.17) is 0 Å². The van der Waals surface area contributed by atoms with E-state index in [1.54, 1.807) is 18.3 Å². The quantitative estimate of drug-likeness (QED) is 0.494. The van der Waals surface area contributed by atoms with E-state index in [1.165, 1.54) is 4.90 Å². The molecule has 0 saturated carbocycles. The molecule has 1 aromatic rings. The normalized spacial score (nSPS) is 36.5. The molecule has 3 heterocycles. The number of nitrogens with zero attached hydrogens (tertiary/aromatic N) is 2. The van der Waals surface area contributed by atoms with E-state index < -0.39 is 42.2 Å². The zero-order valence-electron chi connectivity index (χ0n) is 10.3. The maximum Gasteiger partial charge on any atom is 0.258 e. The molecule has 8 heteroatoms. The van der Waals surface area contributed by atoms with Crippen molar-refractivity contribution < 1.29 is 25.2 Å². The second-order valence-electron chi connectivity index (χ2n) is 4.80. The van der Waals surface area contributed by atoms with E-state index in [-0.39, 0.29) is 0 Å². The molecular weight excluding hydrogens is 284 g/mol. The number of thioether (sulfide) groups is 1. The Morgan fingerprint density at radius 2 is 2.00 bits per heavy atom. The predicted octanol–water partition coefficient (Wildman–Crippen LogP) is -1.59. The molecule has 3 rings (SSSR count). The molecule has 7 nitrogen and oxygen atoms in total. The molecule has 0 aliphatic carbocycles. The zero-order valence-corrected chi connectivity index (χ0v) is 11.1. The van der Waals surface area contributed by atoms with Crippen LogP contribution in [0.15, 0.2) is 23.4 Å². The lowest BCUT2D eigenvalue weighted by Crippen LogP contribution is -2.68. The lowest BCUT2D eigenvalue weighted by atomic mass is 9.93. The van der Waals surface area contributed by atoms with Gasteiger partial charge in [-0.05, 0) is 12.1 Å². The van der Waals surface area contributed by atoms with Gasteiger partial charge in [0.1, 0.15) is 28.7 Å². The van der Waals surface area contributed by atoms with Crippen LogP contribution in [0.25, 0.3) is 0 Å². The molecule has 0 bridgehead atoms. The Kier molecular flexibility index (Phi) is 3.43. The standard InChI is InChI=1S/C12H14N2O5S/c15-4-6-7(16)8(17)9(18)12-14(6)11(19)5-2-1-3-13-10(5)20-12/h1-3,6-9,12,15-18H,4H2/t6-,7+,8-,9-,12-/m0/s1. The number of aliphatic hydroxyl groups excluding tert-OH is 4. The first-order valence-corrected chi connectivity index (χ1v) is 7.03. The summed E-state index contributed by atoms with van der Waals surface area (Å²) in [6, 6.07) is 2.27. The van der Waals surface area contributed by atoms with E-state index in [1.807, 2.05) is 0 Å². The number of amides is 1. The second-order valence-corrected chi connectivity index (χ2v) is 5.90. The summed E-state index contributed by atoms with van der Waals surface area (Å²) in [4.78, 5) is 17.8. The number of pyridine rings is 1. The van der Waals surface area contributed by atoms with Crippen molar-refractivity contribution in [2.75, 3.05) is 6.61 Å². The van der Waals surface area contributed by atoms with Crippen molar-refractivity contribution in [3.8, 4) is 0 Å². The molecule has 0 radical (unpaired) electrons. The van der Waals surface area contributed by atoms with Crippen LogP contribution in [0.5, 0.6) is 0 Å². The summed E-state index contributed by atoms with van der Waals surface area (Å²) >= 11 is 1.14. The number of hydrogen-bond donors (Lipinski definition) is 4. The van der Waals surface area contributed by atoms with Crippen molar-refractivity contribution in [2.24, 2.45) is 0 Å². The highest BCUT2D eigenvalue weighted by atomic mass is 32.2. The number of carbonyl (C=O) groups excluding carboxylic acids is 1. The van der Waals surface area contributed by atoms with Crippen LogP contribution in [-0.4, -0.2) is 72.6 Å². The molecule has 108 valence electrons. The number of aliphatic hydroxyl groups is 4. The van der Waals surface area contributed by atoms with E-state index in [0.29, 0.717) is 10.6 Å². The van der Waals surface area contributed by atoms with Crippen LogP contribution < -0.4 is 0 Å². The van der Waals surface area contributed by atoms with Gasteiger partial charge in [0.25, 0.3) is 5.91 Å². The molecule has 1 aromatic heterocycles. The number of fused-ring (bicyclic) bond motifs is 2. The maximum atomic E-state index is 12.5. The fourth-order valence-corrected chi connectivity index (χ4v) is 3.90. The molecule has 2 aliphatic rings. The fraction of sp³-hybridized carbons (Fsp3) is 0.500. The lowest BCUT2D eigenvalue weighted by molar-refractivity contribution is -0.142. The van der Waals surface area contributed by atoms with Crippen LogP contribution in [0, 0.1) is 0 Å². The van der Waals surface area contributed by atoms with E-state index >= 15 is 0 Å². The van der Waals surface area contributed by atoms with Crippen molar-refractivity contribution in [1.82, 2.24) is 9.88 Å². The van der Waals surface area contributed by atoms with Gasteiger partial charge in [-0.2, -0.15) is 0 Å². The Labute approximate surface area is 118 Å². The minimum absolute atomic E-state index is 0.364. The topological polar surface area (TPSA) is 114 Å². The van der Waals surface area contributed by atoms with Gasteiger partial charge in [0.15, 0.2) is 0 Å². The largest absolute Gasteiger partial charge is 0.394 e. The third kappa shape index (κ3) is 1.84. The summed E-state index contributed by atoms with van der Waals surface area (Å²) < 4.78 is 0. The zero-order chi connectivity index (χ0) is 14.4. The molecule has 0 spiro atoms. The Bertz CT molecular complexity index is 542. The number of aromatic nitrogens is 1. The number of carbonyl (C=O) groups is 1. The SMILES string of the molecule is O=C1c2cccnc2S[C@H]2[C@@H](O)[C@@H](O)[C@H](O)[C@H](CO)N12. The van der Waals surface area contributed by atoms with Gasteiger partial charge >= 0.3 is 0 Å². The van der Waals surface area contributed by atoms with Gasteiger partial charge in [0, 0.05) is 6.20 Å². The molecule has 0 unspecified atom stereocenters. The highest BCUT2D eigenvalue weighted by molar-refractivity contribution is 8.00. The first kappa shape index (κ1) is 13.8. The summed E-state index contributed by atoms with van der Waals surface area (Å²) in [6.45, 7) is -0.497. The maximum absolute atomic E-state index is 12.5. The Morgan fingerprint density at radius 3 is 2.70 bits per heavy atom. The number of piperidine rings is 1. The summed E-state index contributed by atoms with van der Waals surface area (Å²) in [5.74, 6) is -0.416. The van der Waals surface area contributed by atoms with Crippen molar-refractivity contribution >= 4 is 17.7 Å². The minimum Gasteiger partial charge on any atom is -0.394 e. The third-order valence-corrected chi connectivity index (χ3v) is 4.97. The Morgan fingerprint density at radius 1 is 1.25 bits per heavy atom. The van der Waals surface area contributed by atoms with E-state index in [9.17, 15) is 25.2 Å². The lowest BCUT2D eigenvalue weighted by Gasteiger charge is -2.49. The average Bonchev–Trinajstić information content (AvgIpc) is 2.47. The van der Waals surface area contributed by atoms with Gasteiger partial charge < -0.3 is 25.3 Å². The molecule has 1 saturated heterocycles. The van der Waals surface area contributed by atoms with Crippen LogP contribution >= 0.6 is 11.8 Å². The fourth-order valence-electron chi connectivity index (χ4n) is 2.61. The molecule has 5 atom stereocenters. The van der Waals surface area contributed by atoms with Crippen LogP contribution in [-0.2, 0) is 0 Å². The van der Waals surface area contributed by atoms with Gasteiger partial charge in [-0.3, -0.25) is 4.79 Å². The number of hydrogen-bond acceptors (Lipinski definition) is 7. The van der Waals surface area contributed by atoms with Gasteiger partial charge in [-0.15, -0.1) is 0 Å². The highest BCUT2D eigenvalue weighted by Crippen LogP contribution is 2.41. The molecule has 2 aliphatic heterocycles. The summed E-state index contributed by atoms with van der Waals surface area (Å²) in [6.07, 6.45) is -2.58. The van der Waals surface area contributed by atoms with Crippen LogP contribution in [0.4, 0.5) is 0 Å². The smallest absolute Gasteiger partial charge is 0.258 e. The van der Waals surface area contributed by atoms with Crippen molar-refractivity contribution in [3.05, 3.63) is 23.9 Å². The van der Waals surface area contributed by atoms with Gasteiger partial charge in [-0.1, -0.05) is 11.8 Å². The first-order chi connectivity index (χ1) is 9.56. The molecular formula is C12H14N2O5S. The van der Waals surface area contributed by atoms with Crippen molar-refractivity contribution in [2.45, 2.75) is 34.8 Å². The predicted molar refractivity (Wildman–Crippen MR) is 68.9 cm³/mol. The average molecular weight is 298 g/mol. The second kappa shape index (κ2) is 4.97. The van der Waals surface area contributed by atoms with Crippen molar-refractivity contribution in [3.63, 3.8) is 0 Å². The first-order valence-electron chi connectivity index (χ1n) is 6.15. The molecule has 20 heavy (non-hydrogen) atoms. The van der Waals surface area contributed by atoms with Crippen molar-refractivity contribution in [1.29, 1.82) is 0 Å². The molecule has 1 fully saturated rings. The molecule has 4 N–H and O–H groups in total. The van der Waals surface area contributed by atoms with Crippen LogP contribution in [0.1, 0.15) is 10.4 Å². The van der Waals surface area contributed by atoms with Gasteiger partial charge in [0.05, 0.1) is 18.2 Å². The van der Waals surface area contributed by atoms with Crippen LogP contribution in [0.2, 0.25) is 0 Å². The Balaban J connectivity index is 2.06. The number of rotatable bonds is 1. The van der Waals surface area contributed by atoms with E-state index in [2.05, 4.69) is 4.98 Å². The van der Waals surface area contributed by atoms with E-state index in [0.717, 1.165) is 11.8 Å². The summed E-state index contributed by atoms with van der Waals surface area (Å²) in [7, 11) is 0. The Hall–Kier alpha value is -1.19. The van der Waals surface area contributed by atoms with Crippen LogP contribution in [0.3, 0.4) is 0 Å².